The minimum absolute atomic E-state index is 0.127. The van der Waals surface area contributed by atoms with Gasteiger partial charge in [0, 0.05) is 17.6 Å². The van der Waals surface area contributed by atoms with Gasteiger partial charge in [-0.2, -0.15) is 0 Å². The number of aliphatic hydroxyl groups excluding tert-OH is 1. The Labute approximate surface area is 193 Å². The first-order valence-electron chi connectivity index (χ1n) is 11.1. The topological polar surface area (TPSA) is 136 Å². The lowest BCUT2D eigenvalue weighted by atomic mass is 9.75. The molecule has 1 aliphatic carbocycles. The molecule has 2 rings (SSSR count). The van der Waals surface area contributed by atoms with Crippen LogP contribution in [0.4, 0.5) is 0 Å². The molecule has 1 heterocycles. The fourth-order valence-electron chi connectivity index (χ4n) is 4.02. The molecular formula is C24H34O9. The Kier molecular flexibility index (Phi) is 8.24. The first-order valence-corrected chi connectivity index (χ1v) is 11.1. The van der Waals surface area contributed by atoms with E-state index in [1.54, 1.807) is 27.7 Å². The van der Waals surface area contributed by atoms with Crippen molar-refractivity contribution in [3.05, 3.63) is 23.8 Å². The van der Waals surface area contributed by atoms with Crippen molar-refractivity contribution < 1.29 is 43.6 Å². The number of carbonyl (C=O) groups excluding carboxylic acids is 4. The second kappa shape index (κ2) is 10.2. The molecule has 0 aromatic heterocycles. The van der Waals surface area contributed by atoms with Crippen molar-refractivity contribution in [3.63, 3.8) is 0 Å². The van der Waals surface area contributed by atoms with Crippen LogP contribution in [-0.4, -0.2) is 63.9 Å². The van der Waals surface area contributed by atoms with Crippen LogP contribution in [0, 0.1) is 17.8 Å². The third kappa shape index (κ3) is 5.35. The van der Waals surface area contributed by atoms with Crippen molar-refractivity contribution in [2.24, 2.45) is 17.8 Å². The number of esters is 3. The summed E-state index contributed by atoms with van der Waals surface area (Å²) in [6.07, 6.45) is -4.05. The van der Waals surface area contributed by atoms with Gasteiger partial charge in [-0.05, 0) is 33.1 Å². The lowest BCUT2D eigenvalue weighted by molar-refractivity contribution is -0.195. The van der Waals surface area contributed by atoms with Crippen LogP contribution in [0.5, 0.6) is 0 Å². The van der Waals surface area contributed by atoms with E-state index >= 15 is 0 Å². The molecule has 2 aliphatic rings. The summed E-state index contributed by atoms with van der Waals surface area (Å²) in [4.78, 5) is 50.4. The molecule has 1 saturated heterocycles. The van der Waals surface area contributed by atoms with Gasteiger partial charge in [0.05, 0.1) is 11.8 Å². The third-order valence-electron chi connectivity index (χ3n) is 6.48. The van der Waals surface area contributed by atoms with Gasteiger partial charge in [0.1, 0.15) is 12.2 Å². The molecule has 1 aliphatic heterocycles. The maximum atomic E-state index is 13.0. The van der Waals surface area contributed by atoms with Gasteiger partial charge in [0.15, 0.2) is 23.6 Å². The number of allylic oxidation sites excluding steroid dienone is 1. The molecular weight excluding hydrogens is 432 g/mol. The van der Waals surface area contributed by atoms with Crippen LogP contribution in [0.1, 0.15) is 54.4 Å². The highest BCUT2D eigenvalue weighted by atomic mass is 16.6. The highest BCUT2D eigenvalue weighted by molar-refractivity contribution is 5.93. The Bertz CT molecular complexity index is 854. The molecule has 1 saturated carbocycles. The van der Waals surface area contributed by atoms with Crippen molar-refractivity contribution in [3.8, 4) is 0 Å². The van der Waals surface area contributed by atoms with E-state index < -0.39 is 71.5 Å². The second-order valence-electron chi connectivity index (χ2n) is 9.35. The Hall–Kier alpha value is -2.52. The van der Waals surface area contributed by atoms with Crippen LogP contribution in [0.2, 0.25) is 0 Å². The number of hydrogen-bond donors (Lipinski definition) is 2. The van der Waals surface area contributed by atoms with Crippen LogP contribution < -0.4 is 0 Å². The largest absolute Gasteiger partial charge is 0.459 e. The van der Waals surface area contributed by atoms with E-state index in [1.807, 2.05) is 0 Å². The Morgan fingerprint density at radius 3 is 2.42 bits per heavy atom. The molecule has 0 aromatic rings. The van der Waals surface area contributed by atoms with Crippen LogP contribution in [0.3, 0.4) is 0 Å². The fourth-order valence-corrected chi connectivity index (χ4v) is 4.02. The Morgan fingerprint density at radius 2 is 1.88 bits per heavy atom. The smallest absolute Gasteiger partial charge is 0.334 e. The molecule has 184 valence electrons. The second-order valence-corrected chi connectivity index (χ2v) is 9.35. The Morgan fingerprint density at radius 1 is 1.27 bits per heavy atom. The first-order chi connectivity index (χ1) is 15.2. The molecule has 33 heavy (non-hydrogen) atoms. The molecule has 2 fully saturated rings. The van der Waals surface area contributed by atoms with E-state index in [2.05, 4.69) is 6.58 Å². The van der Waals surface area contributed by atoms with Gasteiger partial charge in [0.2, 0.25) is 0 Å². The molecule has 0 bridgehead atoms. The summed E-state index contributed by atoms with van der Waals surface area (Å²) in [7, 11) is 0. The van der Waals surface area contributed by atoms with Crippen molar-refractivity contribution in [1.82, 2.24) is 0 Å². The normalized spacial score (nSPS) is 35.7. The quantitative estimate of drug-likeness (QED) is 0.360. The summed E-state index contributed by atoms with van der Waals surface area (Å²) in [5.41, 5.74) is -2.12. The van der Waals surface area contributed by atoms with Gasteiger partial charge in [-0.15, -0.1) is 0 Å². The highest BCUT2D eigenvalue weighted by Gasteiger charge is 2.58. The average molecular weight is 467 g/mol. The van der Waals surface area contributed by atoms with Gasteiger partial charge >= 0.3 is 17.9 Å². The van der Waals surface area contributed by atoms with Gasteiger partial charge in [0.25, 0.3) is 0 Å². The minimum atomic E-state index is -2.21. The minimum Gasteiger partial charge on any atom is -0.459 e. The molecule has 0 aromatic carbocycles. The SMILES string of the molecule is C=C1C(=O)OC2C1C(O)C(OC(=O)C(C)C)C(C)CCC(=O)C(C)(O)C2OC(=O)C(C)=CC. The number of carbonyl (C=O) groups is 4. The zero-order valence-corrected chi connectivity index (χ0v) is 20.0. The number of ether oxygens (including phenoxy) is 3. The van der Waals surface area contributed by atoms with Crippen LogP contribution in [0.25, 0.3) is 0 Å². The molecule has 0 radical (unpaired) electrons. The lowest BCUT2D eigenvalue weighted by Crippen LogP contribution is -2.59. The zero-order chi connectivity index (χ0) is 25.2. The fraction of sp³-hybridized carbons (Fsp3) is 0.667. The van der Waals surface area contributed by atoms with E-state index in [0.717, 1.165) is 0 Å². The van der Waals surface area contributed by atoms with Crippen LogP contribution >= 0.6 is 0 Å². The number of aliphatic hydroxyl groups is 2. The summed E-state index contributed by atoms with van der Waals surface area (Å²) in [6, 6.07) is 0. The molecule has 9 heteroatoms. The summed E-state index contributed by atoms with van der Waals surface area (Å²) in [6.45, 7) is 13.0. The summed E-state index contributed by atoms with van der Waals surface area (Å²) in [5, 5.41) is 22.5. The van der Waals surface area contributed by atoms with Gasteiger partial charge in [-0.3, -0.25) is 9.59 Å². The number of rotatable bonds is 4. The molecule has 2 N–H and O–H groups in total. The predicted molar refractivity (Wildman–Crippen MR) is 117 cm³/mol. The van der Waals surface area contributed by atoms with Crippen molar-refractivity contribution >= 4 is 23.7 Å². The molecule has 0 spiro atoms. The number of fused-ring (bicyclic) bond motifs is 1. The van der Waals surface area contributed by atoms with Crippen molar-refractivity contribution in [1.29, 1.82) is 0 Å². The maximum Gasteiger partial charge on any atom is 0.334 e. The highest BCUT2D eigenvalue weighted by Crippen LogP contribution is 2.41. The van der Waals surface area contributed by atoms with Crippen LogP contribution in [-0.2, 0) is 33.4 Å². The molecule has 9 nitrogen and oxygen atoms in total. The lowest BCUT2D eigenvalue weighted by Gasteiger charge is -2.40. The summed E-state index contributed by atoms with van der Waals surface area (Å²) < 4.78 is 16.4. The third-order valence-corrected chi connectivity index (χ3v) is 6.48. The van der Waals surface area contributed by atoms with Crippen LogP contribution in [0.15, 0.2) is 23.8 Å². The van der Waals surface area contributed by atoms with E-state index in [1.165, 1.54) is 19.9 Å². The van der Waals surface area contributed by atoms with Crippen molar-refractivity contribution in [2.75, 3.05) is 0 Å². The zero-order valence-electron chi connectivity index (χ0n) is 20.0. The Balaban J connectivity index is 2.59. The standard InChI is InChI=1S/C24H34O9/c1-8-12(4)22(28)33-20-19-16(14(6)23(29)32-19)17(26)18(31-21(27)11(2)3)13(5)9-10-15(25)24(20,7)30/h8,11,13,16-20,26,30H,6,9-10H2,1-5,7H3. The molecule has 7 unspecified atom stereocenters. The predicted octanol–water partition coefficient (Wildman–Crippen LogP) is 1.64. The van der Waals surface area contributed by atoms with Crippen molar-refractivity contribution in [2.45, 2.75) is 84.4 Å². The maximum absolute atomic E-state index is 13.0. The monoisotopic (exact) mass is 466 g/mol. The van der Waals surface area contributed by atoms with E-state index in [9.17, 15) is 29.4 Å². The summed E-state index contributed by atoms with van der Waals surface area (Å²) in [5.74, 6) is -5.02. The number of Topliss-reactive ketones (excluding diaryl/α,β-unsaturated/α-hetero) is 1. The number of ketones is 1. The van der Waals surface area contributed by atoms with E-state index in [4.69, 9.17) is 14.2 Å². The number of hydrogen-bond acceptors (Lipinski definition) is 9. The van der Waals surface area contributed by atoms with Gasteiger partial charge in [-0.25, -0.2) is 9.59 Å². The van der Waals surface area contributed by atoms with E-state index in [0.29, 0.717) is 0 Å². The average Bonchev–Trinajstić information content (AvgIpc) is 3.05. The summed E-state index contributed by atoms with van der Waals surface area (Å²) >= 11 is 0. The first kappa shape index (κ1) is 26.7. The van der Waals surface area contributed by atoms with E-state index in [-0.39, 0.29) is 24.0 Å². The van der Waals surface area contributed by atoms with Gasteiger partial charge < -0.3 is 24.4 Å². The molecule has 7 atom stereocenters. The molecule has 0 amide bonds. The van der Waals surface area contributed by atoms with Gasteiger partial charge in [-0.1, -0.05) is 33.4 Å².